The fourth-order valence-corrected chi connectivity index (χ4v) is 2.67. The van der Waals surface area contributed by atoms with Gasteiger partial charge in [-0.15, -0.1) is 0 Å². The van der Waals surface area contributed by atoms with Gasteiger partial charge in [-0.25, -0.2) is 12.8 Å². The molecule has 0 atom stereocenters. The molecule has 0 saturated carbocycles. The van der Waals surface area contributed by atoms with Gasteiger partial charge in [-0.1, -0.05) is 36.4 Å². The Balaban J connectivity index is 2.74. The molecule has 0 bridgehead atoms. The second-order valence-electron chi connectivity index (χ2n) is 3.41. The van der Waals surface area contributed by atoms with E-state index in [1.54, 1.807) is 18.2 Å². The van der Waals surface area contributed by atoms with Gasteiger partial charge in [0, 0.05) is 21.8 Å². The molecule has 17 heavy (non-hydrogen) atoms. The molecule has 88 valence electrons. The summed E-state index contributed by atoms with van der Waals surface area (Å²) in [5.41, 5.74) is 0.480. The van der Waals surface area contributed by atoms with Crippen molar-refractivity contribution in [3.8, 4) is 11.1 Å². The zero-order chi connectivity index (χ0) is 12.5. The number of rotatable bonds is 2. The summed E-state index contributed by atoms with van der Waals surface area (Å²) in [6, 6.07) is 12.0. The van der Waals surface area contributed by atoms with Crippen LogP contribution in [0.2, 0.25) is 0 Å². The predicted molar refractivity (Wildman–Crippen MR) is 64.9 cm³/mol. The van der Waals surface area contributed by atoms with E-state index in [0.29, 0.717) is 0 Å². The van der Waals surface area contributed by atoms with Crippen LogP contribution in [0.3, 0.4) is 0 Å². The lowest BCUT2D eigenvalue weighted by atomic mass is 10.1. The highest BCUT2D eigenvalue weighted by molar-refractivity contribution is 8.13. The van der Waals surface area contributed by atoms with E-state index in [-0.39, 0.29) is 16.0 Å². The van der Waals surface area contributed by atoms with Crippen molar-refractivity contribution >= 4 is 19.7 Å². The molecule has 0 heterocycles. The summed E-state index contributed by atoms with van der Waals surface area (Å²) >= 11 is 0. The molecule has 0 aromatic heterocycles. The minimum atomic E-state index is -3.89. The Morgan fingerprint density at radius 3 is 2.00 bits per heavy atom. The summed E-state index contributed by atoms with van der Waals surface area (Å²) < 4.78 is 36.4. The first-order valence-corrected chi connectivity index (χ1v) is 7.09. The number of halogens is 2. The van der Waals surface area contributed by atoms with Gasteiger partial charge in [0.1, 0.15) is 5.82 Å². The monoisotopic (exact) mass is 270 g/mol. The first-order valence-electron chi connectivity index (χ1n) is 4.79. The molecule has 0 unspecified atom stereocenters. The predicted octanol–water partition coefficient (Wildman–Crippen LogP) is 3.42. The van der Waals surface area contributed by atoms with Gasteiger partial charge in [0.25, 0.3) is 9.05 Å². The Labute approximate surface area is 103 Å². The molecule has 0 fully saturated rings. The van der Waals surface area contributed by atoms with Gasteiger partial charge >= 0.3 is 0 Å². The Kier molecular flexibility index (Phi) is 3.17. The molecule has 2 aromatic carbocycles. The molecule has 0 aliphatic heterocycles. The van der Waals surface area contributed by atoms with Gasteiger partial charge in [-0.2, -0.15) is 0 Å². The first kappa shape index (κ1) is 12.1. The van der Waals surface area contributed by atoms with Crippen LogP contribution in [-0.2, 0) is 9.05 Å². The van der Waals surface area contributed by atoms with Crippen molar-refractivity contribution < 1.29 is 12.8 Å². The lowest BCUT2D eigenvalue weighted by Crippen LogP contribution is -1.95. The molecule has 2 rings (SSSR count). The summed E-state index contributed by atoms with van der Waals surface area (Å²) in [5.74, 6) is -0.486. The summed E-state index contributed by atoms with van der Waals surface area (Å²) in [7, 11) is 1.42. The molecule has 0 N–H and O–H groups in total. The van der Waals surface area contributed by atoms with Crippen molar-refractivity contribution in [2.75, 3.05) is 0 Å². The highest BCUT2D eigenvalue weighted by atomic mass is 35.7. The highest BCUT2D eigenvalue weighted by Crippen LogP contribution is 2.30. The van der Waals surface area contributed by atoms with Crippen molar-refractivity contribution in [3.05, 3.63) is 54.3 Å². The largest absolute Gasteiger partial charge is 0.261 e. The van der Waals surface area contributed by atoms with Crippen LogP contribution in [0.15, 0.2) is 53.4 Å². The van der Waals surface area contributed by atoms with Crippen LogP contribution in [0.1, 0.15) is 0 Å². The van der Waals surface area contributed by atoms with Gasteiger partial charge in [0.05, 0.1) is 4.90 Å². The van der Waals surface area contributed by atoms with Gasteiger partial charge in [0.15, 0.2) is 0 Å². The summed E-state index contributed by atoms with van der Waals surface area (Å²) in [5, 5.41) is 0. The van der Waals surface area contributed by atoms with E-state index in [9.17, 15) is 12.8 Å². The maximum absolute atomic E-state index is 13.6. The molecule has 5 heteroatoms. The maximum atomic E-state index is 13.6. The molecule has 0 aliphatic carbocycles. The van der Waals surface area contributed by atoms with Crippen molar-refractivity contribution in [1.82, 2.24) is 0 Å². The van der Waals surface area contributed by atoms with E-state index in [0.717, 1.165) is 0 Å². The Hall–Kier alpha value is -1.39. The van der Waals surface area contributed by atoms with Crippen LogP contribution >= 0.6 is 10.7 Å². The standard InChI is InChI=1S/C12H8ClFO2S/c13-17(15,16)12-8-4-2-6-10(12)9-5-1-3-7-11(9)14/h1-8H. The Bertz CT molecular complexity index is 653. The smallest absolute Gasteiger partial charge is 0.207 e. The number of hydrogen-bond acceptors (Lipinski definition) is 2. The van der Waals surface area contributed by atoms with Crippen LogP contribution < -0.4 is 0 Å². The van der Waals surface area contributed by atoms with E-state index < -0.39 is 14.9 Å². The summed E-state index contributed by atoms with van der Waals surface area (Å²) in [6.07, 6.45) is 0. The maximum Gasteiger partial charge on any atom is 0.261 e. The minimum Gasteiger partial charge on any atom is -0.207 e. The highest BCUT2D eigenvalue weighted by Gasteiger charge is 2.17. The first-order chi connectivity index (χ1) is 8.00. The zero-order valence-corrected chi connectivity index (χ0v) is 10.2. The molecular formula is C12H8ClFO2S. The van der Waals surface area contributed by atoms with Crippen LogP contribution in [-0.4, -0.2) is 8.42 Å². The van der Waals surface area contributed by atoms with Crippen LogP contribution in [0.25, 0.3) is 11.1 Å². The average molecular weight is 271 g/mol. The van der Waals surface area contributed by atoms with Gasteiger partial charge in [-0.05, 0) is 12.1 Å². The minimum absolute atomic E-state index is 0.0910. The fraction of sp³-hybridized carbons (Fsp3) is 0. The third-order valence-electron chi connectivity index (χ3n) is 2.31. The topological polar surface area (TPSA) is 34.1 Å². The normalized spacial score (nSPS) is 11.4. The molecule has 0 aliphatic rings. The second kappa shape index (κ2) is 4.47. The lowest BCUT2D eigenvalue weighted by Gasteiger charge is -2.07. The van der Waals surface area contributed by atoms with Crippen molar-refractivity contribution in [2.24, 2.45) is 0 Å². The molecule has 2 aromatic rings. The third kappa shape index (κ3) is 2.48. The van der Waals surface area contributed by atoms with Crippen molar-refractivity contribution in [3.63, 3.8) is 0 Å². The fourth-order valence-electron chi connectivity index (χ4n) is 1.58. The molecular weight excluding hydrogens is 263 g/mol. The van der Waals surface area contributed by atoms with Gasteiger partial charge < -0.3 is 0 Å². The van der Waals surface area contributed by atoms with Crippen LogP contribution in [0.5, 0.6) is 0 Å². The van der Waals surface area contributed by atoms with E-state index in [4.69, 9.17) is 10.7 Å². The molecule has 0 amide bonds. The van der Waals surface area contributed by atoms with E-state index in [2.05, 4.69) is 0 Å². The van der Waals surface area contributed by atoms with Crippen molar-refractivity contribution in [2.45, 2.75) is 4.90 Å². The third-order valence-corrected chi connectivity index (χ3v) is 3.69. The lowest BCUT2D eigenvalue weighted by molar-refractivity contribution is 0.609. The van der Waals surface area contributed by atoms with Gasteiger partial charge in [0.2, 0.25) is 0 Å². The van der Waals surface area contributed by atoms with E-state index in [1.165, 1.54) is 30.3 Å². The Morgan fingerprint density at radius 1 is 0.882 bits per heavy atom. The van der Waals surface area contributed by atoms with E-state index in [1.807, 2.05) is 0 Å². The Morgan fingerprint density at radius 2 is 1.41 bits per heavy atom. The molecule has 0 saturated heterocycles. The van der Waals surface area contributed by atoms with Gasteiger partial charge in [-0.3, -0.25) is 0 Å². The average Bonchev–Trinajstić information content (AvgIpc) is 2.28. The van der Waals surface area contributed by atoms with E-state index >= 15 is 0 Å². The quantitative estimate of drug-likeness (QED) is 0.784. The molecule has 0 radical (unpaired) electrons. The molecule has 2 nitrogen and oxygen atoms in total. The number of hydrogen-bond donors (Lipinski definition) is 0. The molecule has 0 spiro atoms. The van der Waals surface area contributed by atoms with Crippen molar-refractivity contribution in [1.29, 1.82) is 0 Å². The van der Waals surface area contributed by atoms with Crippen LogP contribution in [0, 0.1) is 5.82 Å². The zero-order valence-electron chi connectivity index (χ0n) is 8.60. The second-order valence-corrected chi connectivity index (χ2v) is 5.95. The van der Waals surface area contributed by atoms with Crippen LogP contribution in [0.4, 0.5) is 4.39 Å². The SMILES string of the molecule is O=S(=O)(Cl)c1ccccc1-c1ccccc1F. The number of benzene rings is 2. The summed E-state index contributed by atoms with van der Waals surface area (Å²) in [6.45, 7) is 0. The summed E-state index contributed by atoms with van der Waals surface area (Å²) in [4.78, 5) is -0.0910.